The van der Waals surface area contributed by atoms with Gasteiger partial charge in [-0.15, -0.1) is 0 Å². The number of para-hydroxylation sites is 1. The standard InChI is InChI=1S/C21H29N3O2/c1-3-8-18(17-9-7-12-20(15-17)26-2)16-22-13-14-23-21(25)24-19-10-5-4-6-11-19/h4-7,9-12,15,18,22H,3,8,13-14,16H2,1-2H3,(H2,23,24,25). The molecule has 0 saturated heterocycles. The molecule has 0 aliphatic rings. The summed E-state index contributed by atoms with van der Waals surface area (Å²) in [6, 6.07) is 17.5. The molecule has 26 heavy (non-hydrogen) atoms. The maximum atomic E-state index is 11.8. The number of anilines is 1. The average Bonchev–Trinajstić information content (AvgIpc) is 2.67. The van der Waals surface area contributed by atoms with Gasteiger partial charge in [0.05, 0.1) is 7.11 Å². The number of methoxy groups -OCH3 is 1. The molecule has 1 atom stereocenters. The van der Waals surface area contributed by atoms with Gasteiger partial charge in [0.25, 0.3) is 0 Å². The van der Waals surface area contributed by atoms with Gasteiger partial charge in [0.1, 0.15) is 5.75 Å². The van der Waals surface area contributed by atoms with Crippen molar-refractivity contribution < 1.29 is 9.53 Å². The zero-order valence-corrected chi connectivity index (χ0v) is 15.6. The summed E-state index contributed by atoms with van der Waals surface area (Å²) in [6.07, 6.45) is 2.24. The molecule has 1 unspecified atom stereocenters. The molecule has 3 N–H and O–H groups in total. The van der Waals surface area contributed by atoms with Crippen LogP contribution in [0.4, 0.5) is 10.5 Å². The molecule has 0 aliphatic carbocycles. The van der Waals surface area contributed by atoms with Crippen molar-refractivity contribution in [2.24, 2.45) is 0 Å². The molecule has 0 aromatic heterocycles. The Bertz CT molecular complexity index is 661. The summed E-state index contributed by atoms with van der Waals surface area (Å²) in [5.74, 6) is 1.33. The average molecular weight is 355 g/mol. The number of benzene rings is 2. The van der Waals surface area contributed by atoms with Crippen LogP contribution in [0.2, 0.25) is 0 Å². The quantitative estimate of drug-likeness (QED) is 0.565. The highest BCUT2D eigenvalue weighted by Crippen LogP contribution is 2.24. The second-order valence-electron chi connectivity index (χ2n) is 6.21. The van der Waals surface area contributed by atoms with Crippen LogP contribution >= 0.6 is 0 Å². The van der Waals surface area contributed by atoms with Crippen molar-refractivity contribution in [1.29, 1.82) is 0 Å². The van der Waals surface area contributed by atoms with E-state index in [4.69, 9.17) is 4.74 Å². The van der Waals surface area contributed by atoms with Crippen molar-refractivity contribution >= 4 is 11.7 Å². The third kappa shape index (κ3) is 6.76. The van der Waals surface area contributed by atoms with E-state index in [1.54, 1.807) is 7.11 Å². The molecule has 2 amide bonds. The number of urea groups is 1. The van der Waals surface area contributed by atoms with E-state index >= 15 is 0 Å². The van der Waals surface area contributed by atoms with Crippen molar-refractivity contribution in [2.45, 2.75) is 25.7 Å². The van der Waals surface area contributed by atoms with Crippen LogP contribution < -0.4 is 20.7 Å². The normalized spacial score (nSPS) is 11.6. The molecule has 2 aromatic carbocycles. The lowest BCUT2D eigenvalue weighted by Crippen LogP contribution is -2.35. The number of rotatable bonds is 10. The van der Waals surface area contributed by atoms with E-state index in [1.165, 1.54) is 5.56 Å². The predicted molar refractivity (Wildman–Crippen MR) is 107 cm³/mol. The number of amides is 2. The summed E-state index contributed by atoms with van der Waals surface area (Å²) in [4.78, 5) is 11.8. The molecule has 2 rings (SSSR count). The molecule has 2 aromatic rings. The van der Waals surface area contributed by atoms with Gasteiger partial charge in [0.2, 0.25) is 0 Å². The van der Waals surface area contributed by atoms with E-state index in [0.717, 1.165) is 37.4 Å². The van der Waals surface area contributed by atoms with Gasteiger partial charge in [-0.05, 0) is 42.2 Å². The summed E-state index contributed by atoms with van der Waals surface area (Å²) in [6.45, 7) is 4.38. The molecule has 140 valence electrons. The van der Waals surface area contributed by atoms with Crippen molar-refractivity contribution in [3.63, 3.8) is 0 Å². The first-order valence-corrected chi connectivity index (χ1v) is 9.17. The number of carbonyl (C=O) groups is 1. The van der Waals surface area contributed by atoms with Gasteiger partial charge < -0.3 is 20.7 Å². The lowest BCUT2D eigenvalue weighted by molar-refractivity contribution is 0.252. The molecular weight excluding hydrogens is 326 g/mol. The SMILES string of the molecule is CCCC(CNCCNC(=O)Nc1ccccc1)c1cccc(OC)c1. The molecular formula is C21H29N3O2. The highest BCUT2D eigenvalue weighted by Gasteiger charge is 2.11. The summed E-state index contributed by atoms with van der Waals surface area (Å²) in [5, 5.41) is 9.11. The third-order valence-electron chi connectivity index (χ3n) is 4.21. The predicted octanol–water partition coefficient (Wildman–Crippen LogP) is 3.99. The fraction of sp³-hybridized carbons (Fsp3) is 0.381. The maximum absolute atomic E-state index is 11.8. The Morgan fingerprint density at radius 2 is 1.88 bits per heavy atom. The first kappa shape index (κ1) is 19.8. The Morgan fingerprint density at radius 3 is 2.62 bits per heavy atom. The van der Waals surface area contributed by atoms with Crippen LogP contribution in [0.3, 0.4) is 0 Å². The lowest BCUT2D eigenvalue weighted by Gasteiger charge is -2.18. The fourth-order valence-corrected chi connectivity index (χ4v) is 2.87. The maximum Gasteiger partial charge on any atom is 0.319 e. The van der Waals surface area contributed by atoms with Gasteiger partial charge in [0, 0.05) is 25.3 Å². The third-order valence-corrected chi connectivity index (χ3v) is 4.21. The van der Waals surface area contributed by atoms with Crippen molar-refractivity contribution in [3.8, 4) is 5.75 Å². The Kier molecular flexibility index (Phi) is 8.49. The monoisotopic (exact) mass is 355 g/mol. The molecule has 5 nitrogen and oxygen atoms in total. The molecule has 0 heterocycles. The molecule has 0 saturated carbocycles. The number of carbonyl (C=O) groups excluding carboxylic acids is 1. The smallest absolute Gasteiger partial charge is 0.319 e. The number of ether oxygens (including phenoxy) is 1. The second-order valence-corrected chi connectivity index (χ2v) is 6.21. The zero-order chi connectivity index (χ0) is 18.6. The minimum Gasteiger partial charge on any atom is -0.497 e. The Morgan fingerprint density at radius 1 is 1.08 bits per heavy atom. The van der Waals surface area contributed by atoms with Crippen LogP contribution in [0.1, 0.15) is 31.2 Å². The van der Waals surface area contributed by atoms with Gasteiger partial charge in [-0.25, -0.2) is 4.79 Å². The first-order chi connectivity index (χ1) is 12.7. The molecule has 0 spiro atoms. The van der Waals surface area contributed by atoms with Crippen LogP contribution in [0.25, 0.3) is 0 Å². The number of hydrogen-bond donors (Lipinski definition) is 3. The Hall–Kier alpha value is -2.53. The van der Waals surface area contributed by atoms with Crippen LogP contribution in [-0.2, 0) is 0 Å². The number of nitrogens with one attached hydrogen (secondary N) is 3. The lowest BCUT2D eigenvalue weighted by atomic mass is 9.94. The van der Waals surface area contributed by atoms with E-state index < -0.39 is 0 Å². The highest BCUT2D eigenvalue weighted by molar-refractivity contribution is 5.89. The van der Waals surface area contributed by atoms with E-state index in [0.29, 0.717) is 12.5 Å². The fourth-order valence-electron chi connectivity index (χ4n) is 2.87. The molecule has 0 radical (unpaired) electrons. The van der Waals surface area contributed by atoms with Crippen LogP contribution in [-0.4, -0.2) is 32.8 Å². The number of hydrogen-bond acceptors (Lipinski definition) is 3. The van der Waals surface area contributed by atoms with E-state index in [1.807, 2.05) is 42.5 Å². The van der Waals surface area contributed by atoms with Gasteiger partial charge in [-0.1, -0.05) is 43.7 Å². The van der Waals surface area contributed by atoms with E-state index in [-0.39, 0.29) is 6.03 Å². The first-order valence-electron chi connectivity index (χ1n) is 9.17. The minimum atomic E-state index is -0.184. The molecule has 0 aliphatic heterocycles. The van der Waals surface area contributed by atoms with Crippen LogP contribution in [0, 0.1) is 0 Å². The largest absolute Gasteiger partial charge is 0.497 e. The van der Waals surface area contributed by atoms with Gasteiger partial charge in [-0.3, -0.25) is 0 Å². The van der Waals surface area contributed by atoms with Crippen molar-refractivity contribution in [3.05, 3.63) is 60.2 Å². The highest BCUT2D eigenvalue weighted by atomic mass is 16.5. The zero-order valence-electron chi connectivity index (χ0n) is 15.6. The molecule has 5 heteroatoms. The molecule has 0 fully saturated rings. The summed E-state index contributed by atoms with van der Waals surface area (Å²) in [5.41, 5.74) is 2.08. The van der Waals surface area contributed by atoms with Gasteiger partial charge >= 0.3 is 6.03 Å². The topological polar surface area (TPSA) is 62.4 Å². The summed E-state index contributed by atoms with van der Waals surface area (Å²) >= 11 is 0. The second kappa shape index (κ2) is 11.2. The van der Waals surface area contributed by atoms with Crippen LogP contribution in [0.15, 0.2) is 54.6 Å². The molecule has 0 bridgehead atoms. The minimum absolute atomic E-state index is 0.184. The Balaban J connectivity index is 1.71. The van der Waals surface area contributed by atoms with Crippen LogP contribution in [0.5, 0.6) is 5.75 Å². The van der Waals surface area contributed by atoms with Gasteiger partial charge in [0.15, 0.2) is 0 Å². The van der Waals surface area contributed by atoms with Gasteiger partial charge in [-0.2, -0.15) is 0 Å². The van der Waals surface area contributed by atoms with Crippen molar-refractivity contribution in [1.82, 2.24) is 10.6 Å². The Labute approximate surface area is 156 Å². The summed E-state index contributed by atoms with van der Waals surface area (Å²) in [7, 11) is 1.69. The summed E-state index contributed by atoms with van der Waals surface area (Å²) < 4.78 is 5.33. The van der Waals surface area contributed by atoms with E-state index in [9.17, 15) is 4.79 Å². The van der Waals surface area contributed by atoms with E-state index in [2.05, 4.69) is 35.0 Å². The van der Waals surface area contributed by atoms with Crippen molar-refractivity contribution in [2.75, 3.05) is 32.1 Å².